The van der Waals surface area contributed by atoms with Crippen molar-refractivity contribution in [2.75, 3.05) is 19.5 Å². The maximum atomic E-state index is 11.8. The van der Waals surface area contributed by atoms with Gasteiger partial charge in [-0.05, 0) is 24.3 Å². The van der Waals surface area contributed by atoms with Crippen LogP contribution >= 0.6 is 0 Å². The van der Waals surface area contributed by atoms with Crippen LogP contribution in [-0.4, -0.2) is 25.1 Å². The van der Waals surface area contributed by atoms with Crippen molar-refractivity contribution in [1.29, 1.82) is 0 Å². The molecule has 1 aromatic carbocycles. The molecule has 1 amide bonds. The van der Waals surface area contributed by atoms with Crippen molar-refractivity contribution >= 4 is 23.6 Å². The number of anilines is 1. The zero-order valence-electron chi connectivity index (χ0n) is 12.4. The molecule has 0 saturated heterocycles. The molecule has 1 aromatic heterocycles. The van der Waals surface area contributed by atoms with E-state index in [-0.39, 0.29) is 11.6 Å². The number of nitrogens with one attached hydrogen (secondary N) is 1. The van der Waals surface area contributed by atoms with E-state index in [4.69, 9.17) is 13.9 Å². The molecule has 1 heterocycles. The minimum atomic E-state index is -0.652. The third kappa shape index (κ3) is 4.10. The van der Waals surface area contributed by atoms with Crippen LogP contribution in [0.5, 0.6) is 11.5 Å². The molecule has 0 atom stereocenters. The molecule has 120 valence electrons. The third-order valence-corrected chi connectivity index (χ3v) is 2.84. The second-order valence-electron chi connectivity index (χ2n) is 4.33. The van der Waals surface area contributed by atoms with E-state index in [0.29, 0.717) is 17.2 Å². The Kier molecular flexibility index (Phi) is 4.98. The molecule has 0 aliphatic carbocycles. The van der Waals surface area contributed by atoms with Crippen LogP contribution < -0.4 is 14.8 Å². The van der Waals surface area contributed by atoms with Gasteiger partial charge in [-0.2, -0.15) is 0 Å². The lowest BCUT2D eigenvalue weighted by Crippen LogP contribution is -2.07. The summed E-state index contributed by atoms with van der Waals surface area (Å²) in [6, 6.07) is 7.55. The van der Waals surface area contributed by atoms with Crippen LogP contribution in [0.2, 0.25) is 0 Å². The first kappa shape index (κ1) is 16.1. The van der Waals surface area contributed by atoms with Gasteiger partial charge in [-0.15, -0.1) is 0 Å². The van der Waals surface area contributed by atoms with Gasteiger partial charge in [0.15, 0.2) is 11.5 Å². The highest BCUT2D eigenvalue weighted by Gasteiger charge is 2.10. The summed E-state index contributed by atoms with van der Waals surface area (Å²) in [5.41, 5.74) is 0.516. The topological polar surface area (TPSA) is 104 Å². The SMILES string of the molecule is COc1ccc(NC(=O)/C=C/c2ccc([N+](=O)[O-])o2)cc1OC. The van der Waals surface area contributed by atoms with Gasteiger partial charge in [0.1, 0.15) is 10.7 Å². The third-order valence-electron chi connectivity index (χ3n) is 2.84. The summed E-state index contributed by atoms with van der Waals surface area (Å²) in [7, 11) is 3.01. The zero-order chi connectivity index (χ0) is 16.8. The first-order valence-electron chi connectivity index (χ1n) is 6.49. The fourth-order valence-electron chi connectivity index (χ4n) is 1.79. The monoisotopic (exact) mass is 318 g/mol. The Morgan fingerprint density at radius 1 is 1.22 bits per heavy atom. The van der Waals surface area contributed by atoms with Gasteiger partial charge in [-0.3, -0.25) is 14.9 Å². The van der Waals surface area contributed by atoms with Gasteiger partial charge in [0.25, 0.3) is 0 Å². The van der Waals surface area contributed by atoms with Crippen molar-refractivity contribution in [3.8, 4) is 11.5 Å². The maximum absolute atomic E-state index is 11.8. The normalized spacial score (nSPS) is 10.5. The minimum absolute atomic E-state index is 0.208. The van der Waals surface area contributed by atoms with Gasteiger partial charge in [0.05, 0.1) is 20.3 Å². The van der Waals surface area contributed by atoms with Crippen LogP contribution in [0.1, 0.15) is 5.76 Å². The molecule has 0 fully saturated rings. The minimum Gasteiger partial charge on any atom is -0.493 e. The lowest BCUT2D eigenvalue weighted by atomic mass is 10.2. The van der Waals surface area contributed by atoms with Crippen LogP contribution in [0.15, 0.2) is 40.8 Å². The molecule has 8 heteroatoms. The lowest BCUT2D eigenvalue weighted by molar-refractivity contribution is -0.402. The van der Waals surface area contributed by atoms with Gasteiger partial charge in [-0.25, -0.2) is 0 Å². The highest BCUT2D eigenvalue weighted by atomic mass is 16.6. The average Bonchev–Trinajstić information content (AvgIpc) is 3.02. The molecule has 2 rings (SSSR count). The Bertz CT molecular complexity index is 750. The Balaban J connectivity index is 2.04. The fraction of sp³-hybridized carbons (Fsp3) is 0.133. The number of nitro groups is 1. The Morgan fingerprint density at radius 2 is 1.96 bits per heavy atom. The number of methoxy groups -OCH3 is 2. The standard InChI is InChI=1S/C15H14N2O6/c1-21-12-6-3-10(9-13(12)22-2)16-14(18)7-4-11-5-8-15(23-11)17(19)20/h3-9H,1-2H3,(H,16,18)/b7-4+. The van der Waals surface area contributed by atoms with Crippen molar-refractivity contribution < 1.29 is 23.6 Å². The number of furan rings is 1. The van der Waals surface area contributed by atoms with Crippen molar-refractivity contribution in [2.24, 2.45) is 0 Å². The van der Waals surface area contributed by atoms with E-state index < -0.39 is 10.8 Å². The lowest BCUT2D eigenvalue weighted by Gasteiger charge is -2.09. The van der Waals surface area contributed by atoms with Crippen LogP contribution in [-0.2, 0) is 4.79 Å². The van der Waals surface area contributed by atoms with E-state index in [9.17, 15) is 14.9 Å². The second-order valence-corrected chi connectivity index (χ2v) is 4.33. The van der Waals surface area contributed by atoms with Crippen molar-refractivity contribution in [3.05, 3.63) is 52.3 Å². The first-order chi connectivity index (χ1) is 11.0. The number of amides is 1. The Hall–Kier alpha value is -3.29. The van der Waals surface area contributed by atoms with Gasteiger partial charge >= 0.3 is 5.88 Å². The summed E-state index contributed by atoms with van der Waals surface area (Å²) in [5, 5.41) is 13.1. The van der Waals surface area contributed by atoms with Crippen molar-refractivity contribution in [2.45, 2.75) is 0 Å². The molecule has 23 heavy (non-hydrogen) atoms. The molecular weight excluding hydrogens is 304 g/mol. The molecule has 0 radical (unpaired) electrons. The van der Waals surface area contributed by atoms with E-state index in [1.807, 2.05) is 0 Å². The van der Waals surface area contributed by atoms with Crippen molar-refractivity contribution in [3.63, 3.8) is 0 Å². The zero-order valence-corrected chi connectivity index (χ0v) is 12.4. The largest absolute Gasteiger partial charge is 0.493 e. The number of rotatable bonds is 6. The number of carbonyl (C=O) groups is 1. The van der Waals surface area contributed by atoms with E-state index in [0.717, 1.165) is 0 Å². The molecule has 0 aliphatic heterocycles. The molecule has 0 bridgehead atoms. The van der Waals surface area contributed by atoms with Crippen LogP contribution in [0.25, 0.3) is 6.08 Å². The fourth-order valence-corrected chi connectivity index (χ4v) is 1.79. The number of nitrogens with zero attached hydrogens (tertiary/aromatic N) is 1. The first-order valence-corrected chi connectivity index (χ1v) is 6.49. The molecule has 0 unspecified atom stereocenters. The predicted molar refractivity (Wildman–Crippen MR) is 82.6 cm³/mol. The number of benzene rings is 1. The van der Waals surface area contributed by atoms with Gasteiger partial charge in [-0.1, -0.05) is 0 Å². The summed E-state index contributed by atoms with van der Waals surface area (Å²) >= 11 is 0. The molecule has 0 aliphatic rings. The summed E-state index contributed by atoms with van der Waals surface area (Å²) in [6.07, 6.45) is 2.54. The van der Waals surface area contributed by atoms with E-state index in [1.165, 1.54) is 38.5 Å². The number of carbonyl (C=O) groups excluding carboxylic acids is 1. The smallest absolute Gasteiger partial charge is 0.433 e. The number of ether oxygens (including phenoxy) is 2. The highest BCUT2D eigenvalue weighted by Crippen LogP contribution is 2.29. The number of hydrogen-bond acceptors (Lipinski definition) is 6. The quantitative estimate of drug-likeness (QED) is 0.499. The summed E-state index contributed by atoms with van der Waals surface area (Å²) in [6.45, 7) is 0. The number of hydrogen-bond donors (Lipinski definition) is 1. The summed E-state index contributed by atoms with van der Waals surface area (Å²) < 4.78 is 15.2. The average molecular weight is 318 g/mol. The van der Waals surface area contributed by atoms with Crippen LogP contribution in [0, 0.1) is 10.1 Å². The summed E-state index contributed by atoms with van der Waals surface area (Å²) in [4.78, 5) is 21.7. The molecule has 0 saturated carbocycles. The van der Waals surface area contributed by atoms with E-state index in [1.54, 1.807) is 18.2 Å². The van der Waals surface area contributed by atoms with E-state index >= 15 is 0 Å². The summed E-state index contributed by atoms with van der Waals surface area (Å²) in [5.74, 6) is 0.431. The maximum Gasteiger partial charge on any atom is 0.433 e. The van der Waals surface area contributed by atoms with Gasteiger partial charge in [0.2, 0.25) is 5.91 Å². The molecule has 8 nitrogen and oxygen atoms in total. The second kappa shape index (κ2) is 7.12. The molecular formula is C15H14N2O6. The van der Waals surface area contributed by atoms with Crippen LogP contribution in [0.4, 0.5) is 11.6 Å². The Morgan fingerprint density at radius 3 is 2.57 bits per heavy atom. The molecule has 1 N–H and O–H groups in total. The predicted octanol–water partition coefficient (Wildman–Crippen LogP) is 2.86. The Labute approximate surface area is 131 Å². The molecule has 0 spiro atoms. The van der Waals surface area contributed by atoms with Gasteiger partial charge < -0.3 is 19.2 Å². The van der Waals surface area contributed by atoms with E-state index in [2.05, 4.69) is 5.32 Å². The highest BCUT2D eigenvalue weighted by molar-refractivity contribution is 6.01. The molecule has 2 aromatic rings. The van der Waals surface area contributed by atoms with Crippen molar-refractivity contribution in [1.82, 2.24) is 0 Å². The van der Waals surface area contributed by atoms with Gasteiger partial charge in [0, 0.05) is 17.8 Å². The van der Waals surface area contributed by atoms with Crippen LogP contribution in [0.3, 0.4) is 0 Å².